The van der Waals surface area contributed by atoms with Gasteiger partial charge in [0.1, 0.15) is 0 Å². The summed E-state index contributed by atoms with van der Waals surface area (Å²) in [6, 6.07) is 16.7. The first-order valence-corrected chi connectivity index (χ1v) is 11.8. The molecule has 0 amide bonds. The second-order valence-corrected chi connectivity index (χ2v) is 8.73. The monoisotopic (exact) mass is 457 g/mol. The molecule has 0 saturated carbocycles. The van der Waals surface area contributed by atoms with E-state index in [2.05, 4.69) is 63.5 Å². The van der Waals surface area contributed by atoms with Crippen LogP contribution in [0.1, 0.15) is 11.1 Å². The Bertz CT molecular complexity index is 1140. The van der Waals surface area contributed by atoms with E-state index in [0.717, 1.165) is 54.3 Å². The van der Waals surface area contributed by atoms with Gasteiger partial charge in [-0.1, -0.05) is 30.4 Å². The number of piperazine rings is 1. The van der Waals surface area contributed by atoms with Gasteiger partial charge in [-0.25, -0.2) is 9.97 Å². The second-order valence-electron chi connectivity index (χ2n) is 8.73. The van der Waals surface area contributed by atoms with Gasteiger partial charge in [-0.15, -0.1) is 0 Å². The highest BCUT2D eigenvalue weighted by Gasteiger charge is 2.18. The molecule has 1 N–H and O–H groups in total. The molecule has 6 bridgehead atoms. The molecule has 176 valence electrons. The number of nitrogens with zero attached hydrogens (tertiary/aromatic N) is 4. The Balaban J connectivity index is 1.45. The molecule has 1 aromatic heterocycles. The number of ether oxygens (including phenoxy) is 2. The minimum Gasteiger partial charge on any atom is -0.373 e. The third kappa shape index (κ3) is 5.62. The van der Waals surface area contributed by atoms with Crippen LogP contribution in [0.15, 0.2) is 66.9 Å². The first kappa shape index (κ1) is 22.5. The molecule has 0 spiro atoms. The molecule has 0 aliphatic carbocycles. The molecule has 7 nitrogen and oxygen atoms in total. The van der Waals surface area contributed by atoms with Crippen LogP contribution < -0.4 is 10.2 Å². The number of hydrogen-bond donors (Lipinski definition) is 1. The van der Waals surface area contributed by atoms with Gasteiger partial charge >= 0.3 is 0 Å². The van der Waals surface area contributed by atoms with Crippen LogP contribution >= 0.6 is 0 Å². The van der Waals surface area contributed by atoms with E-state index >= 15 is 0 Å². The zero-order valence-corrected chi connectivity index (χ0v) is 19.6. The smallest absolute Gasteiger partial charge is 0.227 e. The summed E-state index contributed by atoms with van der Waals surface area (Å²) in [7, 11) is 2.17. The van der Waals surface area contributed by atoms with Crippen molar-refractivity contribution in [1.29, 1.82) is 0 Å². The molecule has 2 aliphatic heterocycles. The van der Waals surface area contributed by atoms with E-state index in [1.807, 2.05) is 24.3 Å². The van der Waals surface area contributed by atoms with Gasteiger partial charge in [0.15, 0.2) is 0 Å². The van der Waals surface area contributed by atoms with Crippen LogP contribution in [-0.2, 0) is 22.7 Å². The standard InChI is InChI=1S/C27H31N5O2/c1-31-11-13-32(14-12-31)26-8-7-24-18-23(26)20-34-16-3-2-15-33-19-21-5-4-6-22(17-21)25-9-10-28-27(29-24)30-25/h2-10,17-18H,11-16,19-20H2,1H3,(H,28,29,30)/b3-2+. The molecular formula is C27H31N5O2. The van der Waals surface area contributed by atoms with Crippen LogP contribution in [-0.4, -0.2) is 61.3 Å². The number of benzene rings is 2. The molecule has 3 heterocycles. The zero-order valence-electron chi connectivity index (χ0n) is 19.6. The van der Waals surface area contributed by atoms with Crippen molar-refractivity contribution in [3.63, 3.8) is 0 Å². The van der Waals surface area contributed by atoms with Crippen molar-refractivity contribution in [2.45, 2.75) is 13.2 Å². The molecule has 5 rings (SSSR count). The third-order valence-electron chi connectivity index (χ3n) is 6.18. The third-order valence-corrected chi connectivity index (χ3v) is 6.18. The molecule has 34 heavy (non-hydrogen) atoms. The van der Waals surface area contributed by atoms with Gasteiger partial charge in [0, 0.05) is 54.9 Å². The predicted octanol–water partition coefficient (Wildman–Crippen LogP) is 4.24. The largest absolute Gasteiger partial charge is 0.373 e. The van der Waals surface area contributed by atoms with Crippen molar-refractivity contribution in [2.24, 2.45) is 0 Å². The lowest BCUT2D eigenvalue weighted by atomic mass is 10.1. The van der Waals surface area contributed by atoms with Crippen LogP contribution in [0.5, 0.6) is 0 Å². The Hall–Kier alpha value is -3.26. The molecule has 0 radical (unpaired) electrons. The van der Waals surface area contributed by atoms with Gasteiger partial charge in [-0.05, 0) is 42.9 Å². The Labute approximate surface area is 201 Å². The number of anilines is 3. The maximum absolute atomic E-state index is 6.01. The maximum Gasteiger partial charge on any atom is 0.227 e. The van der Waals surface area contributed by atoms with Crippen molar-refractivity contribution < 1.29 is 9.47 Å². The van der Waals surface area contributed by atoms with Gasteiger partial charge < -0.3 is 24.6 Å². The first-order chi connectivity index (χ1) is 16.7. The van der Waals surface area contributed by atoms with Gasteiger partial charge in [0.05, 0.1) is 32.1 Å². The number of nitrogens with one attached hydrogen (secondary N) is 1. The van der Waals surface area contributed by atoms with Crippen LogP contribution in [0.3, 0.4) is 0 Å². The van der Waals surface area contributed by atoms with Crippen molar-refractivity contribution >= 4 is 17.3 Å². The SMILES string of the molecule is CN1CCN(c2ccc3cc2COC/C=C/COCc2cccc(c2)-c2ccnc(n2)N3)CC1. The predicted molar refractivity (Wildman–Crippen MR) is 135 cm³/mol. The summed E-state index contributed by atoms with van der Waals surface area (Å²) in [5.41, 5.74) is 6.37. The molecular weight excluding hydrogens is 426 g/mol. The van der Waals surface area contributed by atoms with E-state index in [9.17, 15) is 0 Å². The fourth-order valence-corrected chi connectivity index (χ4v) is 4.28. The maximum atomic E-state index is 6.01. The molecule has 3 aromatic rings. The Kier molecular flexibility index (Phi) is 7.14. The fraction of sp³-hybridized carbons (Fsp3) is 0.333. The molecule has 2 aromatic carbocycles. The zero-order chi connectivity index (χ0) is 23.2. The van der Waals surface area contributed by atoms with E-state index in [-0.39, 0.29) is 0 Å². The molecule has 0 unspecified atom stereocenters. The molecule has 1 saturated heterocycles. The van der Waals surface area contributed by atoms with Gasteiger partial charge in [0.25, 0.3) is 0 Å². The van der Waals surface area contributed by atoms with Crippen LogP contribution in [0, 0.1) is 0 Å². The number of fused-ring (bicyclic) bond motifs is 7. The summed E-state index contributed by atoms with van der Waals surface area (Å²) in [4.78, 5) is 14.0. The van der Waals surface area contributed by atoms with E-state index in [1.165, 1.54) is 5.69 Å². The fourth-order valence-electron chi connectivity index (χ4n) is 4.28. The number of aromatic nitrogens is 2. The second kappa shape index (κ2) is 10.8. The highest BCUT2D eigenvalue weighted by atomic mass is 16.5. The number of rotatable bonds is 1. The average molecular weight is 458 g/mol. The summed E-state index contributed by atoms with van der Waals surface area (Å²) >= 11 is 0. The Morgan fingerprint density at radius 2 is 1.71 bits per heavy atom. The van der Waals surface area contributed by atoms with Gasteiger partial charge in [-0.3, -0.25) is 0 Å². The lowest BCUT2D eigenvalue weighted by molar-refractivity contribution is 0.140. The Morgan fingerprint density at radius 3 is 2.56 bits per heavy atom. The summed E-state index contributed by atoms with van der Waals surface area (Å²) in [6.07, 6.45) is 5.83. The highest BCUT2D eigenvalue weighted by Crippen LogP contribution is 2.28. The quantitative estimate of drug-likeness (QED) is 0.549. The number of hydrogen-bond acceptors (Lipinski definition) is 7. The highest BCUT2D eigenvalue weighted by molar-refractivity contribution is 5.66. The minimum absolute atomic E-state index is 0.536. The van der Waals surface area contributed by atoms with Gasteiger partial charge in [0.2, 0.25) is 5.95 Å². The van der Waals surface area contributed by atoms with Crippen molar-refractivity contribution in [2.75, 3.05) is 56.7 Å². The average Bonchev–Trinajstić information content (AvgIpc) is 2.86. The van der Waals surface area contributed by atoms with Gasteiger partial charge in [-0.2, -0.15) is 0 Å². The van der Waals surface area contributed by atoms with Crippen LogP contribution in [0.2, 0.25) is 0 Å². The van der Waals surface area contributed by atoms with E-state index < -0.39 is 0 Å². The summed E-state index contributed by atoms with van der Waals surface area (Å²) < 4.78 is 11.8. The molecule has 2 aliphatic rings. The number of likely N-dealkylation sites (N-methyl/N-ethyl adjacent to an activating group) is 1. The van der Waals surface area contributed by atoms with Crippen molar-refractivity contribution in [3.05, 3.63) is 78.0 Å². The first-order valence-electron chi connectivity index (χ1n) is 11.8. The molecule has 0 atom stereocenters. The molecule has 1 fully saturated rings. The normalized spacial score (nSPS) is 18.4. The summed E-state index contributed by atoms with van der Waals surface area (Å²) in [6.45, 7) is 6.33. The van der Waals surface area contributed by atoms with Crippen LogP contribution in [0.4, 0.5) is 17.3 Å². The topological polar surface area (TPSA) is 62.8 Å². The Morgan fingerprint density at radius 1 is 0.882 bits per heavy atom. The summed E-state index contributed by atoms with van der Waals surface area (Å²) in [5.74, 6) is 0.572. The summed E-state index contributed by atoms with van der Waals surface area (Å²) in [5, 5.41) is 3.39. The van der Waals surface area contributed by atoms with E-state index in [0.29, 0.717) is 32.4 Å². The van der Waals surface area contributed by atoms with E-state index in [4.69, 9.17) is 14.5 Å². The molecule has 7 heteroatoms. The lowest BCUT2D eigenvalue weighted by Gasteiger charge is -2.35. The van der Waals surface area contributed by atoms with Crippen molar-refractivity contribution in [1.82, 2.24) is 14.9 Å². The van der Waals surface area contributed by atoms with Crippen LogP contribution in [0.25, 0.3) is 11.3 Å². The lowest BCUT2D eigenvalue weighted by Crippen LogP contribution is -2.44. The van der Waals surface area contributed by atoms with E-state index in [1.54, 1.807) is 6.20 Å². The van der Waals surface area contributed by atoms with Crippen molar-refractivity contribution in [3.8, 4) is 11.3 Å². The minimum atomic E-state index is 0.536.